The molecular formula is C26H25Cl2F2N5O2S. The predicted octanol–water partition coefficient (Wildman–Crippen LogP) is 5.95. The maximum Gasteiger partial charge on any atom is 0.326 e. The minimum Gasteiger partial charge on any atom is -0.383 e. The average Bonchev–Trinajstić information content (AvgIpc) is 2.90. The monoisotopic (exact) mass is 579 g/mol. The topological polar surface area (TPSA) is 60.9 Å². The molecule has 1 saturated heterocycles. The lowest BCUT2D eigenvalue weighted by Crippen LogP contribution is -2.48. The van der Waals surface area contributed by atoms with Gasteiger partial charge in [-0.3, -0.25) is 9.80 Å². The molecule has 0 saturated carbocycles. The van der Waals surface area contributed by atoms with E-state index in [0.29, 0.717) is 51.8 Å². The minimum absolute atomic E-state index is 0.178. The van der Waals surface area contributed by atoms with Crippen LogP contribution in [0.3, 0.4) is 0 Å². The van der Waals surface area contributed by atoms with E-state index < -0.39 is 11.6 Å². The van der Waals surface area contributed by atoms with Gasteiger partial charge >= 0.3 is 6.03 Å². The minimum atomic E-state index is -0.664. The number of piperazine rings is 1. The number of ether oxygens (including phenoxy) is 1. The summed E-state index contributed by atoms with van der Waals surface area (Å²) in [7, 11) is 1.68. The van der Waals surface area contributed by atoms with Gasteiger partial charge in [0.2, 0.25) is 0 Å². The number of fused-ring (bicyclic) bond motifs is 1. The summed E-state index contributed by atoms with van der Waals surface area (Å²) in [5.41, 5.74) is 2.22. The van der Waals surface area contributed by atoms with E-state index in [9.17, 15) is 13.6 Å². The van der Waals surface area contributed by atoms with Crippen LogP contribution in [0.1, 0.15) is 5.69 Å². The van der Waals surface area contributed by atoms with Crippen LogP contribution in [0, 0.1) is 11.6 Å². The molecule has 12 heteroatoms. The smallest absolute Gasteiger partial charge is 0.326 e. The summed E-state index contributed by atoms with van der Waals surface area (Å²) in [6.07, 6.45) is 0. The quantitative estimate of drug-likeness (QED) is 0.373. The number of halogens is 4. The number of para-hydroxylation sites is 1. The van der Waals surface area contributed by atoms with Crippen molar-refractivity contribution in [3.63, 3.8) is 0 Å². The molecule has 0 radical (unpaired) electrons. The van der Waals surface area contributed by atoms with Gasteiger partial charge in [0.15, 0.2) is 0 Å². The largest absolute Gasteiger partial charge is 0.383 e. The molecule has 0 aliphatic carbocycles. The van der Waals surface area contributed by atoms with Crippen molar-refractivity contribution in [3.05, 3.63) is 69.8 Å². The lowest BCUT2D eigenvalue weighted by Gasteiger charge is -2.38. The van der Waals surface area contributed by atoms with Gasteiger partial charge in [0, 0.05) is 50.8 Å². The number of nitrogens with zero attached hydrogens (tertiary/aromatic N) is 4. The third-order valence-corrected chi connectivity index (χ3v) is 8.12. The number of aromatic nitrogens is 1. The summed E-state index contributed by atoms with van der Waals surface area (Å²) in [6.45, 7) is 4.65. The Morgan fingerprint density at radius 3 is 2.47 bits per heavy atom. The third-order valence-electron chi connectivity index (χ3n) is 6.46. The number of rotatable bonds is 7. The number of carbonyl (C=O) groups excluding carboxylic acids is 1. The molecule has 0 bridgehead atoms. The first-order valence-electron chi connectivity index (χ1n) is 12.0. The highest BCUT2D eigenvalue weighted by Crippen LogP contribution is 2.44. The Kier molecular flexibility index (Phi) is 8.25. The van der Waals surface area contributed by atoms with E-state index in [1.807, 2.05) is 6.07 Å². The van der Waals surface area contributed by atoms with Crippen LogP contribution in [0.5, 0.6) is 0 Å². The van der Waals surface area contributed by atoms with Crippen molar-refractivity contribution in [1.29, 1.82) is 0 Å². The second-order valence-electron chi connectivity index (χ2n) is 8.84. The number of methoxy groups -OCH3 is 1. The van der Waals surface area contributed by atoms with E-state index in [-0.39, 0.29) is 17.5 Å². The molecule has 1 fully saturated rings. The van der Waals surface area contributed by atoms with Crippen LogP contribution < -0.4 is 15.1 Å². The van der Waals surface area contributed by atoms with Crippen molar-refractivity contribution in [2.45, 2.75) is 16.5 Å². The number of hydrogen-bond donors (Lipinski definition) is 1. The van der Waals surface area contributed by atoms with Crippen LogP contribution in [0.4, 0.5) is 30.6 Å². The molecule has 1 N–H and O–H groups in total. The maximum atomic E-state index is 14.6. The number of hydrogen-bond acceptors (Lipinski definition) is 6. The number of urea groups is 1. The zero-order chi connectivity index (χ0) is 26.8. The number of nitrogens with one attached hydrogen (secondary N) is 1. The second kappa shape index (κ2) is 11.6. The Labute approximate surface area is 233 Å². The van der Waals surface area contributed by atoms with Crippen LogP contribution in [0.2, 0.25) is 10.0 Å². The van der Waals surface area contributed by atoms with E-state index in [1.165, 1.54) is 17.0 Å². The van der Waals surface area contributed by atoms with Crippen molar-refractivity contribution in [1.82, 2.24) is 15.2 Å². The van der Waals surface area contributed by atoms with Gasteiger partial charge in [-0.15, -0.1) is 0 Å². The van der Waals surface area contributed by atoms with Crippen LogP contribution in [0.15, 0.2) is 52.4 Å². The molecule has 2 amide bonds. The zero-order valence-electron chi connectivity index (χ0n) is 20.5. The summed E-state index contributed by atoms with van der Waals surface area (Å²) in [6, 6.07) is 10.0. The molecule has 3 aromatic rings. The lowest BCUT2D eigenvalue weighted by molar-refractivity contribution is 0.144. The predicted molar refractivity (Wildman–Crippen MR) is 146 cm³/mol. The summed E-state index contributed by atoms with van der Waals surface area (Å²) in [4.78, 5) is 24.1. The normalized spacial score (nSPS) is 16.0. The molecule has 3 heterocycles. The first-order valence-corrected chi connectivity index (χ1v) is 13.6. The number of amides is 2. The Hall–Kier alpha value is -2.63. The molecule has 38 heavy (non-hydrogen) atoms. The van der Waals surface area contributed by atoms with Gasteiger partial charge in [-0.25, -0.2) is 18.6 Å². The van der Waals surface area contributed by atoms with Crippen molar-refractivity contribution in [2.75, 3.05) is 56.2 Å². The van der Waals surface area contributed by atoms with Crippen LogP contribution >= 0.6 is 35.0 Å². The highest BCUT2D eigenvalue weighted by atomic mass is 35.5. The molecule has 0 spiro atoms. The number of carbonyl (C=O) groups is 1. The molecule has 5 rings (SSSR count). The standard InChI is InChI=1S/C26H25Cl2F2N5O2S/c1-37-12-11-33-7-9-34(10-8-33)22-14-21-20(32-25(22)38-23-6-5-16(29)13-19(23)30)15-31-26(36)35(21)24-17(27)3-2-4-18(24)28/h2-6,13-14H,7-12,15H2,1H3,(H,31,36). The molecule has 2 aromatic carbocycles. The number of benzene rings is 2. The lowest BCUT2D eigenvalue weighted by atomic mass is 10.1. The Balaban J connectivity index is 1.58. The van der Waals surface area contributed by atoms with Crippen LogP contribution in [-0.4, -0.2) is 62.4 Å². The van der Waals surface area contributed by atoms with Crippen molar-refractivity contribution >= 4 is 58.1 Å². The molecule has 7 nitrogen and oxygen atoms in total. The first kappa shape index (κ1) is 27.0. The fraction of sp³-hybridized carbons (Fsp3) is 0.308. The van der Waals surface area contributed by atoms with Gasteiger partial charge < -0.3 is 15.0 Å². The fourth-order valence-electron chi connectivity index (χ4n) is 4.50. The summed E-state index contributed by atoms with van der Waals surface area (Å²) in [5.74, 6) is -1.31. The molecule has 0 unspecified atom stereocenters. The summed E-state index contributed by atoms with van der Waals surface area (Å²) in [5, 5.41) is 4.01. The SMILES string of the molecule is COCCN1CCN(c2cc3c(nc2Sc2ccc(F)cc2F)CNC(=O)N3c2c(Cl)cccc2Cl)CC1. The van der Waals surface area contributed by atoms with Crippen LogP contribution in [-0.2, 0) is 11.3 Å². The Morgan fingerprint density at radius 2 is 1.79 bits per heavy atom. The van der Waals surface area contributed by atoms with Gasteiger partial charge in [-0.1, -0.05) is 41.0 Å². The van der Waals surface area contributed by atoms with E-state index in [2.05, 4.69) is 15.1 Å². The first-order chi connectivity index (χ1) is 18.4. The van der Waals surface area contributed by atoms with Gasteiger partial charge in [0.1, 0.15) is 16.7 Å². The van der Waals surface area contributed by atoms with E-state index >= 15 is 0 Å². The molecular weight excluding hydrogens is 555 g/mol. The molecule has 1 aromatic heterocycles. The van der Waals surface area contributed by atoms with Crippen LogP contribution in [0.25, 0.3) is 0 Å². The van der Waals surface area contributed by atoms with Gasteiger partial charge in [-0.2, -0.15) is 0 Å². The van der Waals surface area contributed by atoms with E-state index in [1.54, 1.807) is 25.3 Å². The van der Waals surface area contributed by atoms with Gasteiger partial charge in [0.05, 0.1) is 46.0 Å². The van der Waals surface area contributed by atoms with Crippen molar-refractivity contribution < 1.29 is 18.3 Å². The maximum absolute atomic E-state index is 14.6. The van der Waals surface area contributed by atoms with E-state index in [0.717, 1.165) is 43.1 Å². The fourth-order valence-corrected chi connectivity index (χ4v) is 6.02. The molecule has 2 aliphatic rings. The second-order valence-corrected chi connectivity index (χ2v) is 10.7. The highest BCUT2D eigenvalue weighted by molar-refractivity contribution is 7.99. The average molecular weight is 580 g/mol. The summed E-state index contributed by atoms with van der Waals surface area (Å²) < 4.78 is 33.4. The summed E-state index contributed by atoms with van der Waals surface area (Å²) >= 11 is 14.1. The number of pyridine rings is 1. The zero-order valence-corrected chi connectivity index (χ0v) is 22.8. The van der Waals surface area contributed by atoms with E-state index in [4.69, 9.17) is 32.9 Å². The highest BCUT2D eigenvalue weighted by Gasteiger charge is 2.32. The molecule has 200 valence electrons. The van der Waals surface area contributed by atoms with Crippen molar-refractivity contribution in [3.8, 4) is 0 Å². The Morgan fingerprint density at radius 1 is 1.05 bits per heavy atom. The Bertz CT molecular complexity index is 1340. The van der Waals surface area contributed by atoms with Crippen molar-refractivity contribution in [2.24, 2.45) is 0 Å². The molecule has 0 atom stereocenters. The van der Waals surface area contributed by atoms with Gasteiger partial charge in [-0.05, 0) is 30.3 Å². The van der Waals surface area contributed by atoms with Gasteiger partial charge in [0.25, 0.3) is 0 Å². The number of anilines is 3. The molecule has 2 aliphatic heterocycles. The third kappa shape index (κ3) is 5.55.